The van der Waals surface area contributed by atoms with Crippen molar-refractivity contribution in [3.05, 3.63) is 71.9 Å². The van der Waals surface area contributed by atoms with Crippen molar-refractivity contribution >= 4 is 16.8 Å². The summed E-state index contributed by atoms with van der Waals surface area (Å²) >= 11 is 0. The van der Waals surface area contributed by atoms with E-state index in [2.05, 4.69) is 10.3 Å². The van der Waals surface area contributed by atoms with Gasteiger partial charge in [-0.2, -0.15) is 0 Å². The first-order valence-corrected chi connectivity index (χ1v) is 6.64. The van der Waals surface area contributed by atoms with Crippen LogP contribution in [0.5, 0.6) is 5.75 Å². The second-order valence-electron chi connectivity index (χ2n) is 4.69. The van der Waals surface area contributed by atoms with Crippen LogP contribution in [0.1, 0.15) is 15.9 Å². The molecule has 0 atom stereocenters. The quantitative estimate of drug-likeness (QED) is 0.774. The number of carbonyl (C=O) groups excluding carboxylic acids is 1. The summed E-state index contributed by atoms with van der Waals surface area (Å²) in [5, 5.41) is 13.3. The zero-order chi connectivity index (χ0) is 14.7. The normalized spacial score (nSPS) is 10.5. The molecule has 4 nitrogen and oxygen atoms in total. The molecule has 0 aliphatic carbocycles. The van der Waals surface area contributed by atoms with Gasteiger partial charge in [-0.05, 0) is 24.3 Å². The molecular weight excluding hydrogens is 264 g/mol. The van der Waals surface area contributed by atoms with Gasteiger partial charge in [-0.3, -0.25) is 9.78 Å². The molecular formula is C17H14N2O2. The molecule has 21 heavy (non-hydrogen) atoms. The summed E-state index contributed by atoms with van der Waals surface area (Å²) in [6.45, 7) is 0.280. The zero-order valence-electron chi connectivity index (χ0n) is 11.3. The average Bonchev–Trinajstić information content (AvgIpc) is 2.53. The van der Waals surface area contributed by atoms with E-state index in [9.17, 15) is 9.90 Å². The molecule has 0 spiro atoms. The van der Waals surface area contributed by atoms with Gasteiger partial charge in [0.05, 0.1) is 5.52 Å². The van der Waals surface area contributed by atoms with Crippen molar-refractivity contribution in [3.63, 3.8) is 0 Å². The van der Waals surface area contributed by atoms with Gasteiger partial charge >= 0.3 is 0 Å². The van der Waals surface area contributed by atoms with E-state index < -0.39 is 0 Å². The molecule has 3 aromatic rings. The fourth-order valence-electron chi connectivity index (χ4n) is 2.23. The van der Waals surface area contributed by atoms with E-state index in [1.54, 1.807) is 30.5 Å². The Morgan fingerprint density at radius 3 is 2.76 bits per heavy atom. The zero-order valence-corrected chi connectivity index (χ0v) is 11.3. The number of aromatic nitrogens is 1. The SMILES string of the molecule is O=C(NCc1ccccc1O)c1cccc2ncccc12. The van der Waals surface area contributed by atoms with Crippen LogP contribution >= 0.6 is 0 Å². The number of hydrogen-bond acceptors (Lipinski definition) is 3. The molecule has 2 N–H and O–H groups in total. The number of pyridine rings is 1. The summed E-state index contributed by atoms with van der Waals surface area (Å²) in [5.41, 5.74) is 2.05. The Hall–Kier alpha value is -2.88. The van der Waals surface area contributed by atoms with Crippen LogP contribution in [0.25, 0.3) is 10.9 Å². The number of rotatable bonds is 3. The number of nitrogens with one attached hydrogen (secondary N) is 1. The summed E-state index contributed by atoms with van der Waals surface area (Å²) in [4.78, 5) is 16.6. The number of amides is 1. The lowest BCUT2D eigenvalue weighted by Gasteiger charge is -2.08. The third-order valence-electron chi connectivity index (χ3n) is 3.32. The van der Waals surface area contributed by atoms with Gasteiger partial charge in [0.25, 0.3) is 5.91 Å². The van der Waals surface area contributed by atoms with Gasteiger partial charge < -0.3 is 10.4 Å². The highest BCUT2D eigenvalue weighted by Crippen LogP contribution is 2.18. The van der Waals surface area contributed by atoms with Gasteiger partial charge in [0.2, 0.25) is 0 Å². The third kappa shape index (κ3) is 2.69. The molecule has 0 unspecified atom stereocenters. The Morgan fingerprint density at radius 1 is 1.05 bits per heavy atom. The number of phenols is 1. The van der Waals surface area contributed by atoms with Crippen LogP contribution < -0.4 is 5.32 Å². The first kappa shape index (κ1) is 13.1. The molecule has 1 heterocycles. The van der Waals surface area contributed by atoms with Crippen LogP contribution in [-0.2, 0) is 6.54 Å². The van der Waals surface area contributed by atoms with Crippen LogP contribution in [0, 0.1) is 0 Å². The van der Waals surface area contributed by atoms with E-state index in [0.29, 0.717) is 11.1 Å². The van der Waals surface area contributed by atoms with Crippen molar-refractivity contribution in [3.8, 4) is 5.75 Å². The maximum absolute atomic E-state index is 12.3. The monoisotopic (exact) mass is 278 g/mol. The highest BCUT2D eigenvalue weighted by molar-refractivity contribution is 6.06. The minimum Gasteiger partial charge on any atom is -0.508 e. The summed E-state index contributed by atoms with van der Waals surface area (Å²) in [7, 11) is 0. The van der Waals surface area contributed by atoms with Crippen LogP contribution in [0.4, 0.5) is 0 Å². The second kappa shape index (κ2) is 5.63. The maximum atomic E-state index is 12.3. The molecule has 1 amide bonds. The first-order chi connectivity index (χ1) is 10.3. The predicted octanol–water partition coefficient (Wildman–Crippen LogP) is 2.87. The smallest absolute Gasteiger partial charge is 0.252 e. The Bertz CT molecular complexity index is 794. The van der Waals surface area contributed by atoms with Crippen molar-refractivity contribution in [2.24, 2.45) is 0 Å². The van der Waals surface area contributed by atoms with Gasteiger partial charge in [0, 0.05) is 29.3 Å². The molecule has 1 aromatic heterocycles. The van der Waals surface area contributed by atoms with Crippen LogP contribution in [0.15, 0.2) is 60.8 Å². The molecule has 0 fully saturated rings. The van der Waals surface area contributed by atoms with Gasteiger partial charge in [-0.25, -0.2) is 0 Å². The molecule has 2 aromatic carbocycles. The molecule has 3 rings (SSSR count). The van der Waals surface area contributed by atoms with Crippen molar-refractivity contribution in [1.29, 1.82) is 0 Å². The van der Waals surface area contributed by atoms with Gasteiger partial charge in [0.15, 0.2) is 0 Å². The minimum absolute atomic E-state index is 0.178. The number of fused-ring (bicyclic) bond motifs is 1. The Labute approximate surface area is 122 Å². The number of carbonyl (C=O) groups is 1. The first-order valence-electron chi connectivity index (χ1n) is 6.64. The number of hydrogen-bond donors (Lipinski definition) is 2. The van der Waals surface area contributed by atoms with E-state index in [0.717, 1.165) is 10.9 Å². The van der Waals surface area contributed by atoms with E-state index in [1.165, 1.54) is 0 Å². The lowest BCUT2D eigenvalue weighted by Crippen LogP contribution is -2.23. The van der Waals surface area contributed by atoms with E-state index in [1.807, 2.05) is 30.3 Å². The average molecular weight is 278 g/mol. The highest BCUT2D eigenvalue weighted by atomic mass is 16.3. The van der Waals surface area contributed by atoms with Gasteiger partial charge in [-0.15, -0.1) is 0 Å². The molecule has 0 aliphatic heterocycles. The number of aromatic hydroxyl groups is 1. The second-order valence-corrected chi connectivity index (χ2v) is 4.69. The molecule has 0 aliphatic rings. The maximum Gasteiger partial charge on any atom is 0.252 e. The molecule has 0 saturated carbocycles. The predicted molar refractivity (Wildman–Crippen MR) is 81.0 cm³/mol. The molecule has 104 valence electrons. The number of benzene rings is 2. The molecule has 0 saturated heterocycles. The van der Waals surface area contributed by atoms with Gasteiger partial charge in [0.1, 0.15) is 5.75 Å². The minimum atomic E-state index is -0.183. The van der Waals surface area contributed by atoms with Crippen molar-refractivity contribution in [2.45, 2.75) is 6.54 Å². The van der Waals surface area contributed by atoms with E-state index in [-0.39, 0.29) is 18.2 Å². The largest absolute Gasteiger partial charge is 0.508 e. The fourth-order valence-corrected chi connectivity index (χ4v) is 2.23. The van der Waals surface area contributed by atoms with Crippen LogP contribution in [0.2, 0.25) is 0 Å². The Balaban J connectivity index is 1.83. The van der Waals surface area contributed by atoms with Crippen molar-refractivity contribution in [2.75, 3.05) is 0 Å². The fraction of sp³-hybridized carbons (Fsp3) is 0.0588. The Kier molecular flexibility index (Phi) is 3.51. The standard InChI is InChI=1S/C17H14N2O2/c20-16-9-2-1-5-12(16)11-19-17(21)14-6-3-8-15-13(14)7-4-10-18-15/h1-10,20H,11H2,(H,19,21). The van der Waals surface area contributed by atoms with E-state index >= 15 is 0 Å². The molecule has 0 bridgehead atoms. The lowest BCUT2D eigenvalue weighted by atomic mass is 10.1. The lowest BCUT2D eigenvalue weighted by molar-refractivity contribution is 0.0952. The highest BCUT2D eigenvalue weighted by Gasteiger charge is 2.10. The van der Waals surface area contributed by atoms with E-state index in [4.69, 9.17) is 0 Å². The summed E-state index contributed by atoms with van der Waals surface area (Å²) in [6.07, 6.45) is 1.70. The molecule has 0 radical (unpaired) electrons. The number of nitrogens with zero attached hydrogens (tertiary/aromatic N) is 1. The summed E-state index contributed by atoms with van der Waals surface area (Å²) in [5.74, 6) is -0.00533. The van der Waals surface area contributed by atoms with Crippen LogP contribution in [0.3, 0.4) is 0 Å². The summed E-state index contributed by atoms with van der Waals surface area (Å²) in [6, 6.07) is 16.1. The van der Waals surface area contributed by atoms with Gasteiger partial charge in [-0.1, -0.05) is 30.3 Å². The van der Waals surface area contributed by atoms with Crippen molar-refractivity contribution in [1.82, 2.24) is 10.3 Å². The molecule has 4 heteroatoms. The Morgan fingerprint density at radius 2 is 1.90 bits per heavy atom. The summed E-state index contributed by atoms with van der Waals surface area (Å²) < 4.78 is 0. The van der Waals surface area contributed by atoms with Crippen LogP contribution in [-0.4, -0.2) is 16.0 Å². The number of phenolic OH excluding ortho intramolecular Hbond substituents is 1. The third-order valence-corrected chi connectivity index (χ3v) is 3.32. The number of para-hydroxylation sites is 1. The topological polar surface area (TPSA) is 62.2 Å². The van der Waals surface area contributed by atoms with Crippen molar-refractivity contribution < 1.29 is 9.90 Å².